The minimum atomic E-state index is -0.598. The second-order valence-corrected chi connectivity index (χ2v) is 10.7. The standard InChI is InChI=1S/C31H30N6O3/c32-17-26-22(10-13-33-29(26)34-24-4-2-1-3-5-24)18-36-14-11-20(12-15-36)21-6-7-25-23(16-21)19-37(31(25)40)27-8-9-28(38)35-30(27)39/h1-7,10,13,16,20,27H,8-9,11-12,14-15,18-19H2,(H,33,34)(H,35,38,39). The molecule has 0 radical (unpaired) electrons. The Morgan fingerprint density at radius 1 is 1.02 bits per heavy atom. The first-order chi connectivity index (χ1) is 19.5. The Labute approximate surface area is 232 Å². The molecule has 3 aliphatic heterocycles. The summed E-state index contributed by atoms with van der Waals surface area (Å²) in [5.41, 5.74) is 5.22. The van der Waals surface area contributed by atoms with Crippen molar-refractivity contribution in [2.24, 2.45) is 0 Å². The Bertz CT molecular complexity index is 1510. The van der Waals surface area contributed by atoms with Crippen LogP contribution in [0, 0.1) is 11.3 Å². The van der Waals surface area contributed by atoms with Gasteiger partial charge in [-0.1, -0.05) is 30.3 Å². The van der Waals surface area contributed by atoms with Gasteiger partial charge in [-0.3, -0.25) is 24.6 Å². The molecule has 3 aromatic rings. The minimum absolute atomic E-state index is 0.141. The lowest BCUT2D eigenvalue weighted by atomic mass is 9.87. The van der Waals surface area contributed by atoms with Crippen LogP contribution in [0.15, 0.2) is 60.8 Å². The van der Waals surface area contributed by atoms with E-state index in [-0.39, 0.29) is 24.1 Å². The van der Waals surface area contributed by atoms with Crippen LogP contribution in [-0.2, 0) is 22.7 Å². The van der Waals surface area contributed by atoms with Crippen LogP contribution < -0.4 is 10.6 Å². The number of benzene rings is 2. The molecule has 0 saturated carbocycles. The highest BCUT2D eigenvalue weighted by molar-refractivity contribution is 6.05. The monoisotopic (exact) mass is 534 g/mol. The van der Waals surface area contributed by atoms with Crippen molar-refractivity contribution in [3.05, 3.63) is 88.6 Å². The highest BCUT2D eigenvalue weighted by Gasteiger charge is 2.39. The molecule has 0 spiro atoms. The number of anilines is 2. The number of nitriles is 1. The molecule has 6 rings (SSSR count). The Morgan fingerprint density at radius 2 is 1.82 bits per heavy atom. The Morgan fingerprint density at radius 3 is 2.58 bits per heavy atom. The number of carbonyl (C=O) groups excluding carboxylic acids is 3. The average molecular weight is 535 g/mol. The first kappa shape index (κ1) is 25.7. The van der Waals surface area contributed by atoms with Crippen LogP contribution in [0.2, 0.25) is 0 Å². The lowest BCUT2D eigenvalue weighted by Crippen LogP contribution is -2.52. The summed E-state index contributed by atoms with van der Waals surface area (Å²) in [7, 11) is 0. The summed E-state index contributed by atoms with van der Waals surface area (Å²) in [6.45, 7) is 2.88. The average Bonchev–Trinajstić information content (AvgIpc) is 3.29. The number of likely N-dealkylation sites (tertiary alicyclic amines) is 1. The zero-order chi connectivity index (χ0) is 27.6. The summed E-state index contributed by atoms with van der Waals surface area (Å²) < 4.78 is 0. The van der Waals surface area contributed by atoms with Crippen LogP contribution in [0.4, 0.5) is 11.5 Å². The fourth-order valence-electron chi connectivity index (χ4n) is 6.02. The molecule has 0 aliphatic carbocycles. The topological polar surface area (TPSA) is 118 Å². The maximum atomic E-state index is 13.0. The SMILES string of the molecule is N#Cc1c(CN2CCC(c3ccc4c(c3)CN(C3CCC(=O)NC3=O)C4=O)CC2)ccnc1Nc1ccccc1. The summed E-state index contributed by atoms with van der Waals surface area (Å²) in [4.78, 5) is 45.3. The molecule has 9 nitrogen and oxygen atoms in total. The molecule has 1 unspecified atom stereocenters. The normalized spacial score (nSPS) is 19.7. The van der Waals surface area contributed by atoms with Crippen molar-refractivity contribution in [1.82, 2.24) is 20.1 Å². The molecular formula is C31H30N6O3. The van der Waals surface area contributed by atoms with Gasteiger partial charge in [-0.2, -0.15) is 5.26 Å². The number of nitrogens with zero attached hydrogens (tertiary/aromatic N) is 4. The van der Waals surface area contributed by atoms with Crippen LogP contribution in [0.25, 0.3) is 0 Å². The van der Waals surface area contributed by atoms with E-state index in [9.17, 15) is 19.6 Å². The predicted octanol–water partition coefficient (Wildman–Crippen LogP) is 3.84. The lowest BCUT2D eigenvalue weighted by molar-refractivity contribution is -0.136. The molecule has 2 saturated heterocycles. The van der Waals surface area contributed by atoms with Gasteiger partial charge in [0.2, 0.25) is 11.8 Å². The van der Waals surface area contributed by atoms with Gasteiger partial charge in [0, 0.05) is 37.0 Å². The van der Waals surface area contributed by atoms with E-state index in [0.29, 0.717) is 42.4 Å². The molecule has 2 fully saturated rings. The first-order valence-corrected chi connectivity index (χ1v) is 13.7. The van der Waals surface area contributed by atoms with Gasteiger partial charge in [-0.25, -0.2) is 4.98 Å². The van der Waals surface area contributed by atoms with Gasteiger partial charge in [-0.15, -0.1) is 0 Å². The first-order valence-electron chi connectivity index (χ1n) is 13.7. The van der Waals surface area contributed by atoms with Crippen molar-refractivity contribution in [2.75, 3.05) is 18.4 Å². The molecule has 40 heavy (non-hydrogen) atoms. The summed E-state index contributed by atoms with van der Waals surface area (Å²) >= 11 is 0. The van der Waals surface area contributed by atoms with Gasteiger partial charge in [0.25, 0.3) is 5.91 Å². The van der Waals surface area contributed by atoms with E-state index in [4.69, 9.17) is 0 Å². The summed E-state index contributed by atoms with van der Waals surface area (Å²) in [6, 6.07) is 19.4. The third kappa shape index (κ3) is 5.06. The van der Waals surface area contributed by atoms with E-state index in [2.05, 4.69) is 32.7 Å². The zero-order valence-corrected chi connectivity index (χ0v) is 22.1. The van der Waals surface area contributed by atoms with Gasteiger partial charge >= 0.3 is 0 Å². The van der Waals surface area contributed by atoms with Crippen LogP contribution in [0.1, 0.15) is 64.2 Å². The number of hydrogen-bond acceptors (Lipinski definition) is 7. The molecular weight excluding hydrogens is 504 g/mol. The zero-order valence-electron chi connectivity index (χ0n) is 22.1. The van der Waals surface area contributed by atoms with Crippen molar-refractivity contribution in [1.29, 1.82) is 5.26 Å². The summed E-state index contributed by atoms with van der Waals surface area (Å²) in [5.74, 6) is 0.139. The third-order valence-corrected chi connectivity index (χ3v) is 8.19. The van der Waals surface area contributed by atoms with Gasteiger partial charge < -0.3 is 10.2 Å². The number of aromatic nitrogens is 1. The van der Waals surface area contributed by atoms with Crippen LogP contribution in [0.3, 0.4) is 0 Å². The number of fused-ring (bicyclic) bond motifs is 1. The molecule has 0 bridgehead atoms. The minimum Gasteiger partial charge on any atom is -0.339 e. The van der Waals surface area contributed by atoms with E-state index in [0.717, 1.165) is 42.7 Å². The fourth-order valence-corrected chi connectivity index (χ4v) is 6.02. The summed E-state index contributed by atoms with van der Waals surface area (Å²) in [5, 5.41) is 15.5. The van der Waals surface area contributed by atoms with Crippen LogP contribution >= 0.6 is 0 Å². The quantitative estimate of drug-likeness (QED) is 0.462. The highest BCUT2D eigenvalue weighted by atomic mass is 16.2. The largest absolute Gasteiger partial charge is 0.339 e. The molecule has 1 aromatic heterocycles. The number of amides is 3. The second kappa shape index (κ2) is 10.9. The van der Waals surface area contributed by atoms with Crippen molar-refractivity contribution < 1.29 is 14.4 Å². The van der Waals surface area contributed by atoms with Gasteiger partial charge in [0.05, 0.1) is 5.56 Å². The number of pyridine rings is 1. The van der Waals surface area contributed by atoms with Gasteiger partial charge in [0.15, 0.2) is 0 Å². The highest BCUT2D eigenvalue weighted by Crippen LogP contribution is 2.34. The van der Waals surface area contributed by atoms with Crippen molar-refractivity contribution in [3.8, 4) is 6.07 Å². The smallest absolute Gasteiger partial charge is 0.255 e. The molecule has 9 heteroatoms. The number of nitrogens with one attached hydrogen (secondary N) is 2. The van der Waals surface area contributed by atoms with Crippen molar-refractivity contribution >= 4 is 29.2 Å². The summed E-state index contributed by atoms with van der Waals surface area (Å²) in [6.07, 6.45) is 4.32. The molecule has 3 aliphatic rings. The maximum Gasteiger partial charge on any atom is 0.255 e. The molecule has 2 aromatic carbocycles. The third-order valence-electron chi connectivity index (χ3n) is 8.19. The predicted molar refractivity (Wildman–Crippen MR) is 148 cm³/mol. The lowest BCUT2D eigenvalue weighted by Gasteiger charge is -2.32. The second-order valence-electron chi connectivity index (χ2n) is 10.7. The number of para-hydroxylation sites is 1. The fraction of sp³-hybridized carbons (Fsp3) is 0.323. The number of rotatable bonds is 6. The van der Waals surface area contributed by atoms with Gasteiger partial charge in [0.1, 0.15) is 17.9 Å². The molecule has 3 amide bonds. The number of piperidine rings is 2. The Kier molecular flexibility index (Phi) is 7.01. The van der Waals surface area contributed by atoms with E-state index in [1.54, 1.807) is 11.1 Å². The number of imide groups is 1. The molecule has 202 valence electrons. The molecule has 4 heterocycles. The number of hydrogen-bond donors (Lipinski definition) is 2. The van der Waals surface area contributed by atoms with Crippen molar-refractivity contribution in [2.45, 2.75) is 50.7 Å². The van der Waals surface area contributed by atoms with Gasteiger partial charge in [-0.05, 0) is 79.2 Å². The maximum absolute atomic E-state index is 13.0. The van der Waals surface area contributed by atoms with E-state index >= 15 is 0 Å². The van der Waals surface area contributed by atoms with E-state index in [1.165, 1.54) is 5.56 Å². The van der Waals surface area contributed by atoms with E-state index < -0.39 is 6.04 Å². The Hall–Kier alpha value is -4.55. The van der Waals surface area contributed by atoms with E-state index in [1.807, 2.05) is 48.5 Å². The molecule has 2 N–H and O–H groups in total. The van der Waals surface area contributed by atoms with Crippen LogP contribution in [-0.4, -0.2) is 51.6 Å². The van der Waals surface area contributed by atoms with Crippen LogP contribution in [0.5, 0.6) is 0 Å². The Balaban J connectivity index is 1.09. The van der Waals surface area contributed by atoms with Crippen molar-refractivity contribution in [3.63, 3.8) is 0 Å². The number of carbonyl (C=O) groups is 3. The molecule has 1 atom stereocenters.